The van der Waals surface area contributed by atoms with Crippen LogP contribution in [0, 0.1) is 11.3 Å². The predicted octanol–water partition coefficient (Wildman–Crippen LogP) is 2.26. The Kier molecular flexibility index (Phi) is 3.22. The molecule has 0 saturated carbocycles. The Balaban J connectivity index is 2.47. The van der Waals surface area contributed by atoms with Crippen LogP contribution in [-0.4, -0.2) is 27.9 Å². The molecule has 0 spiro atoms. The van der Waals surface area contributed by atoms with Gasteiger partial charge in [0.25, 0.3) is 5.91 Å². The van der Waals surface area contributed by atoms with Crippen LogP contribution in [0.1, 0.15) is 29.8 Å². The van der Waals surface area contributed by atoms with Crippen molar-refractivity contribution in [2.75, 3.05) is 0 Å². The number of nitrogens with zero attached hydrogens (tertiary/aromatic N) is 1. The molecule has 1 heterocycles. The molecular formula is C13H13ClN2O2. The largest absolute Gasteiger partial charge is 0.284 e. The molecule has 5 heteroatoms. The van der Waals surface area contributed by atoms with E-state index in [4.69, 9.17) is 17.0 Å². The minimum atomic E-state index is -0.793. The minimum absolute atomic E-state index is 0.0447. The van der Waals surface area contributed by atoms with Crippen molar-refractivity contribution in [2.24, 2.45) is 5.92 Å². The normalized spacial score (nSPS) is 16.1. The highest BCUT2D eigenvalue weighted by Crippen LogP contribution is 2.27. The lowest BCUT2D eigenvalue weighted by atomic mass is 10.0. The molecule has 0 aliphatic carbocycles. The zero-order chi connectivity index (χ0) is 13.4. The number of carbonyl (C=O) groups excluding carboxylic acids is 2. The van der Waals surface area contributed by atoms with E-state index in [0.717, 1.165) is 0 Å². The van der Waals surface area contributed by atoms with E-state index in [1.54, 1.807) is 38.1 Å². The topological polar surface area (TPSA) is 61.2 Å². The fraction of sp³-hybridized carbons (Fsp3) is 0.308. The number of amides is 1. The summed E-state index contributed by atoms with van der Waals surface area (Å²) in [7, 11) is 0. The smallest absolute Gasteiger partial charge is 0.260 e. The third kappa shape index (κ3) is 1.82. The second-order valence-electron chi connectivity index (χ2n) is 4.56. The van der Waals surface area contributed by atoms with Crippen LogP contribution in [0.15, 0.2) is 24.3 Å². The Morgan fingerprint density at radius 1 is 1.28 bits per heavy atom. The first kappa shape index (κ1) is 12.8. The van der Waals surface area contributed by atoms with Gasteiger partial charge in [0.1, 0.15) is 11.9 Å². The number of benzene rings is 1. The summed E-state index contributed by atoms with van der Waals surface area (Å²) in [5.41, 5.74) is 0.997. The Bertz CT molecular complexity index is 505. The highest BCUT2D eigenvalue weighted by atomic mass is 35.5. The van der Waals surface area contributed by atoms with Gasteiger partial charge in [-0.25, -0.2) is 0 Å². The van der Waals surface area contributed by atoms with Gasteiger partial charge in [-0.1, -0.05) is 32.0 Å². The van der Waals surface area contributed by atoms with Crippen molar-refractivity contribution in [3.63, 3.8) is 0 Å². The molecule has 0 aromatic heterocycles. The van der Waals surface area contributed by atoms with Gasteiger partial charge in [-0.2, -0.15) is 0 Å². The zero-order valence-corrected chi connectivity index (χ0v) is 10.9. The maximum atomic E-state index is 12.2. The average Bonchev–Trinajstić information content (AvgIpc) is 2.55. The Morgan fingerprint density at radius 2 is 1.83 bits per heavy atom. The number of carbonyl (C=O) groups is 2. The van der Waals surface area contributed by atoms with Crippen LogP contribution in [0.2, 0.25) is 0 Å². The summed E-state index contributed by atoms with van der Waals surface area (Å²) in [6.07, 6.45) is 0. The third-order valence-electron chi connectivity index (χ3n) is 3.01. The molecule has 0 bridgehead atoms. The lowest BCUT2D eigenvalue weighted by molar-refractivity contribution is -0.115. The lowest BCUT2D eigenvalue weighted by Crippen LogP contribution is -2.46. The van der Waals surface area contributed by atoms with E-state index in [9.17, 15) is 9.59 Å². The van der Waals surface area contributed by atoms with E-state index >= 15 is 0 Å². The first-order chi connectivity index (χ1) is 8.45. The number of rotatable bonds is 3. The van der Waals surface area contributed by atoms with Crippen molar-refractivity contribution in [1.82, 2.24) is 4.90 Å². The van der Waals surface area contributed by atoms with Crippen molar-refractivity contribution in [1.29, 1.82) is 5.41 Å². The van der Waals surface area contributed by atoms with Crippen LogP contribution < -0.4 is 0 Å². The predicted molar refractivity (Wildman–Crippen MR) is 68.9 cm³/mol. The van der Waals surface area contributed by atoms with Gasteiger partial charge in [0.2, 0.25) is 5.24 Å². The molecule has 2 rings (SSSR count). The van der Waals surface area contributed by atoms with Crippen LogP contribution >= 0.6 is 11.6 Å². The number of hydrogen-bond donors (Lipinski definition) is 1. The van der Waals surface area contributed by atoms with E-state index in [0.29, 0.717) is 11.1 Å². The monoisotopic (exact) mass is 264 g/mol. The highest BCUT2D eigenvalue weighted by Gasteiger charge is 2.41. The number of hydrogen-bond acceptors (Lipinski definition) is 3. The summed E-state index contributed by atoms with van der Waals surface area (Å²) < 4.78 is 0. The molecule has 4 nitrogen and oxygen atoms in total. The highest BCUT2D eigenvalue weighted by molar-refractivity contribution is 6.65. The second kappa shape index (κ2) is 4.53. The molecule has 1 unspecified atom stereocenters. The Labute approximate surface area is 110 Å². The van der Waals surface area contributed by atoms with Gasteiger partial charge in [0, 0.05) is 5.56 Å². The fourth-order valence-electron chi connectivity index (χ4n) is 2.16. The molecule has 1 aromatic carbocycles. The van der Waals surface area contributed by atoms with Gasteiger partial charge in [0.15, 0.2) is 0 Å². The number of nitrogens with one attached hydrogen (secondary N) is 1. The van der Waals surface area contributed by atoms with Crippen LogP contribution in [-0.2, 0) is 4.79 Å². The third-order valence-corrected chi connectivity index (χ3v) is 3.24. The van der Waals surface area contributed by atoms with Gasteiger partial charge in [0.05, 0.1) is 5.56 Å². The molecule has 1 N–H and O–H groups in total. The second-order valence-corrected chi connectivity index (χ2v) is 4.93. The van der Waals surface area contributed by atoms with E-state index < -0.39 is 11.3 Å². The van der Waals surface area contributed by atoms with Gasteiger partial charge >= 0.3 is 0 Å². The molecule has 0 saturated heterocycles. The zero-order valence-electron chi connectivity index (χ0n) is 10.1. The van der Waals surface area contributed by atoms with Crippen molar-refractivity contribution < 1.29 is 9.59 Å². The van der Waals surface area contributed by atoms with Gasteiger partial charge in [-0.15, -0.1) is 0 Å². The maximum Gasteiger partial charge on any atom is 0.260 e. The molecule has 1 amide bonds. The SMILES string of the molecule is CC(C)C(C(=O)Cl)N1C(=N)c2ccccc2C1=O. The molecule has 94 valence electrons. The van der Waals surface area contributed by atoms with Crippen LogP contribution in [0.25, 0.3) is 0 Å². The van der Waals surface area contributed by atoms with E-state index in [-0.39, 0.29) is 17.7 Å². The summed E-state index contributed by atoms with van der Waals surface area (Å²) >= 11 is 5.56. The van der Waals surface area contributed by atoms with Crippen LogP contribution in [0.3, 0.4) is 0 Å². The van der Waals surface area contributed by atoms with Crippen molar-refractivity contribution in [3.8, 4) is 0 Å². The lowest BCUT2D eigenvalue weighted by Gasteiger charge is -2.27. The van der Waals surface area contributed by atoms with Crippen molar-refractivity contribution in [2.45, 2.75) is 19.9 Å². The van der Waals surface area contributed by atoms with Crippen LogP contribution in [0.5, 0.6) is 0 Å². The molecule has 1 aliphatic rings. The quantitative estimate of drug-likeness (QED) is 0.851. The summed E-state index contributed by atoms with van der Waals surface area (Å²) in [5, 5.41) is 7.41. The van der Waals surface area contributed by atoms with Gasteiger partial charge in [-0.05, 0) is 23.6 Å². The first-order valence-corrected chi connectivity index (χ1v) is 6.03. The fourth-order valence-corrected chi connectivity index (χ4v) is 2.51. The van der Waals surface area contributed by atoms with Gasteiger partial charge < -0.3 is 0 Å². The number of halogens is 1. The molecule has 0 fully saturated rings. The molecule has 1 aromatic rings. The number of amidine groups is 1. The summed E-state index contributed by atoms with van der Waals surface area (Å²) in [5.74, 6) is -0.430. The number of fused-ring (bicyclic) bond motifs is 1. The Morgan fingerprint density at radius 3 is 2.28 bits per heavy atom. The molecule has 1 aliphatic heterocycles. The van der Waals surface area contributed by atoms with Crippen molar-refractivity contribution >= 4 is 28.6 Å². The van der Waals surface area contributed by atoms with Crippen molar-refractivity contribution in [3.05, 3.63) is 35.4 Å². The summed E-state index contributed by atoms with van der Waals surface area (Å²) in [4.78, 5) is 24.9. The Hall–Kier alpha value is -1.68. The van der Waals surface area contributed by atoms with Crippen LogP contribution in [0.4, 0.5) is 0 Å². The van der Waals surface area contributed by atoms with Gasteiger partial charge in [-0.3, -0.25) is 19.9 Å². The average molecular weight is 265 g/mol. The maximum absolute atomic E-state index is 12.2. The molecule has 0 radical (unpaired) electrons. The van der Waals surface area contributed by atoms with E-state index in [2.05, 4.69) is 0 Å². The van der Waals surface area contributed by atoms with E-state index in [1.807, 2.05) is 0 Å². The molecule has 1 atom stereocenters. The standard InChI is InChI=1S/C13H13ClN2O2/c1-7(2)10(11(14)17)16-12(15)8-5-3-4-6-9(8)13(16)18/h3-7,10,15H,1-2H3. The van der Waals surface area contributed by atoms with E-state index in [1.165, 1.54) is 4.90 Å². The summed E-state index contributed by atoms with van der Waals surface area (Å²) in [6, 6.07) is 6.06. The minimum Gasteiger partial charge on any atom is -0.284 e. The first-order valence-electron chi connectivity index (χ1n) is 5.66. The molecule has 18 heavy (non-hydrogen) atoms. The summed E-state index contributed by atoms with van der Waals surface area (Å²) in [6.45, 7) is 3.60. The molecular weight excluding hydrogens is 252 g/mol.